The first kappa shape index (κ1) is 17.0. The van der Waals surface area contributed by atoms with Gasteiger partial charge in [0, 0.05) is 21.7 Å². The number of nitrogens with zero attached hydrogens (tertiary/aromatic N) is 1. The lowest BCUT2D eigenvalue weighted by atomic mass is 9.91. The summed E-state index contributed by atoms with van der Waals surface area (Å²) < 4.78 is 20.2. The fourth-order valence-electron chi connectivity index (χ4n) is 3.13. The zero-order valence-electron chi connectivity index (χ0n) is 12.6. The first-order valence-corrected chi connectivity index (χ1v) is 8.25. The maximum Gasteiger partial charge on any atom is 0.272 e. The molecule has 0 aromatic heterocycles. The summed E-state index contributed by atoms with van der Waals surface area (Å²) in [6.45, 7) is 0. The lowest BCUT2D eigenvalue weighted by molar-refractivity contribution is -0.385. The highest BCUT2D eigenvalue weighted by Gasteiger charge is 2.40. The molecule has 0 saturated heterocycles. The van der Waals surface area contributed by atoms with Gasteiger partial charge in [0.1, 0.15) is 5.60 Å². The van der Waals surface area contributed by atoms with Gasteiger partial charge < -0.3 is 4.74 Å². The minimum atomic E-state index is -0.763. The summed E-state index contributed by atoms with van der Waals surface area (Å²) in [5.41, 5.74) is -0.313. The van der Waals surface area contributed by atoms with Crippen molar-refractivity contribution in [2.45, 2.75) is 31.3 Å². The van der Waals surface area contributed by atoms with Gasteiger partial charge in [0.2, 0.25) is 0 Å². The van der Waals surface area contributed by atoms with Crippen LogP contribution in [0.1, 0.15) is 31.2 Å². The number of ether oxygens (including phenoxy) is 1. The van der Waals surface area contributed by atoms with Gasteiger partial charge >= 0.3 is 0 Å². The quantitative estimate of drug-likeness (QED) is 0.498. The molecule has 0 amide bonds. The number of hydrogen-bond acceptors (Lipinski definition) is 3. The van der Waals surface area contributed by atoms with Crippen molar-refractivity contribution in [3.05, 3.63) is 67.9 Å². The van der Waals surface area contributed by atoms with E-state index in [1.807, 2.05) is 0 Å². The van der Waals surface area contributed by atoms with Crippen LogP contribution in [0.25, 0.3) is 0 Å². The van der Waals surface area contributed by atoms with E-state index in [1.54, 1.807) is 18.2 Å². The Kier molecular flexibility index (Phi) is 4.65. The van der Waals surface area contributed by atoms with Gasteiger partial charge in [-0.2, -0.15) is 0 Å². The maximum absolute atomic E-state index is 14.2. The smallest absolute Gasteiger partial charge is 0.272 e. The van der Waals surface area contributed by atoms with Gasteiger partial charge in [0.15, 0.2) is 11.6 Å². The van der Waals surface area contributed by atoms with E-state index in [1.165, 1.54) is 12.1 Å². The van der Waals surface area contributed by atoms with Crippen LogP contribution >= 0.6 is 23.2 Å². The standard InChI is InChI=1S/C17H14Cl2FNO3/c18-11-3-5-13(14(19)9-11)17(7-1-2-8-17)24-16-6-4-12(21(22)23)10-15(16)20/h3-6,9-10H,1-2,7-8H2. The van der Waals surface area contributed by atoms with E-state index in [-0.39, 0.29) is 11.4 Å². The Morgan fingerprint density at radius 1 is 1.12 bits per heavy atom. The van der Waals surface area contributed by atoms with E-state index in [0.717, 1.165) is 24.5 Å². The van der Waals surface area contributed by atoms with E-state index in [4.69, 9.17) is 27.9 Å². The maximum atomic E-state index is 14.2. The van der Waals surface area contributed by atoms with E-state index >= 15 is 0 Å². The second-order valence-electron chi connectivity index (χ2n) is 5.80. The van der Waals surface area contributed by atoms with Crippen molar-refractivity contribution in [1.82, 2.24) is 0 Å². The molecule has 2 aromatic carbocycles. The van der Waals surface area contributed by atoms with E-state index in [0.29, 0.717) is 22.9 Å². The van der Waals surface area contributed by atoms with Crippen LogP contribution in [0, 0.1) is 15.9 Å². The van der Waals surface area contributed by atoms with Crippen molar-refractivity contribution < 1.29 is 14.1 Å². The van der Waals surface area contributed by atoms with E-state index in [2.05, 4.69) is 0 Å². The summed E-state index contributed by atoms with van der Waals surface area (Å²) >= 11 is 12.3. The third-order valence-electron chi connectivity index (χ3n) is 4.26. The van der Waals surface area contributed by atoms with Crippen LogP contribution in [-0.4, -0.2) is 4.92 Å². The fourth-order valence-corrected chi connectivity index (χ4v) is 3.71. The van der Waals surface area contributed by atoms with Crippen LogP contribution in [0.4, 0.5) is 10.1 Å². The Labute approximate surface area is 148 Å². The van der Waals surface area contributed by atoms with Crippen molar-refractivity contribution >= 4 is 28.9 Å². The zero-order valence-corrected chi connectivity index (χ0v) is 14.1. The van der Waals surface area contributed by atoms with Crippen LogP contribution in [0.3, 0.4) is 0 Å². The molecule has 126 valence electrons. The van der Waals surface area contributed by atoms with Gasteiger partial charge in [0.25, 0.3) is 5.69 Å². The average Bonchev–Trinajstić information content (AvgIpc) is 2.98. The molecule has 0 heterocycles. The van der Waals surface area contributed by atoms with Crippen LogP contribution in [0.2, 0.25) is 10.0 Å². The Hall–Kier alpha value is -1.85. The molecule has 1 fully saturated rings. The molecule has 2 aromatic rings. The highest BCUT2D eigenvalue weighted by molar-refractivity contribution is 6.35. The second kappa shape index (κ2) is 6.57. The monoisotopic (exact) mass is 369 g/mol. The lowest BCUT2D eigenvalue weighted by Gasteiger charge is -2.32. The van der Waals surface area contributed by atoms with Gasteiger partial charge in [-0.25, -0.2) is 4.39 Å². The molecular weight excluding hydrogens is 356 g/mol. The number of nitro groups is 1. The van der Waals surface area contributed by atoms with Gasteiger partial charge in [-0.3, -0.25) is 10.1 Å². The highest BCUT2D eigenvalue weighted by Crippen LogP contribution is 2.46. The third kappa shape index (κ3) is 3.19. The molecule has 0 unspecified atom stereocenters. The topological polar surface area (TPSA) is 52.4 Å². The molecule has 0 bridgehead atoms. The van der Waals surface area contributed by atoms with Crippen LogP contribution in [-0.2, 0) is 5.60 Å². The number of benzene rings is 2. The van der Waals surface area contributed by atoms with Crippen LogP contribution in [0.15, 0.2) is 36.4 Å². The van der Waals surface area contributed by atoms with Gasteiger partial charge in [-0.05, 0) is 43.9 Å². The molecule has 0 atom stereocenters. The molecule has 0 spiro atoms. The Morgan fingerprint density at radius 2 is 1.83 bits per heavy atom. The summed E-state index contributed by atoms with van der Waals surface area (Å²) in [6.07, 6.45) is 3.22. The minimum absolute atomic E-state index is 0.0199. The number of halogens is 3. The Bertz CT molecular complexity index is 791. The first-order valence-electron chi connectivity index (χ1n) is 7.50. The molecule has 0 N–H and O–H groups in total. The number of hydrogen-bond donors (Lipinski definition) is 0. The molecule has 4 nitrogen and oxygen atoms in total. The van der Waals surface area contributed by atoms with E-state index in [9.17, 15) is 14.5 Å². The van der Waals surface area contributed by atoms with Crippen molar-refractivity contribution in [3.63, 3.8) is 0 Å². The summed E-state index contributed by atoms with van der Waals surface area (Å²) in [7, 11) is 0. The molecule has 1 saturated carbocycles. The minimum Gasteiger partial charge on any atom is -0.479 e. The van der Waals surface area contributed by atoms with Gasteiger partial charge in [-0.1, -0.05) is 29.3 Å². The zero-order chi connectivity index (χ0) is 17.3. The van der Waals surface area contributed by atoms with Crippen LogP contribution in [0.5, 0.6) is 5.75 Å². The van der Waals surface area contributed by atoms with Crippen molar-refractivity contribution in [1.29, 1.82) is 0 Å². The molecule has 1 aliphatic carbocycles. The molecule has 0 aliphatic heterocycles. The highest BCUT2D eigenvalue weighted by atomic mass is 35.5. The molecule has 0 radical (unpaired) electrons. The van der Waals surface area contributed by atoms with Crippen molar-refractivity contribution in [3.8, 4) is 5.75 Å². The molecule has 1 aliphatic rings. The number of non-ortho nitro benzene ring substituents is 1. The van der Waals surface area contributed by atoms with Gasteiger partial charge in [-0.15, -0.1) is 0 Å². The summed E-state index contributed by atoms with van der Waals surface area (Å²) in [4.78, 5) is 10.1. The van der Waals surface area contributed by atoms with Crippen LogP contribution < -0.4 is 4.74 Å². The molecular formula is C17H14Cl2FNO3. The summed E-state index contributed by atoms with van der Waals surface area (Å²) in [5, 5.41) is 11.7. The number of rotatable bonds is 4. The predicted molar refractivity (Wildman–Crippen MR) is 90.3 cm³/mol. The third-order valence-corrected chi connectivity index (χ3v) is 4.81. The average molecular weight is 370 g/mol. The van der Waals surface area contributed by atoms with E-state index < -0.39 is 16.3 Å². The lowest BCUT2D eigenvalue weighted by Crippen LogP contribution is -2.30. The largest absolute Gasteiger partial charge is 0.479 e. The fraction of sp³-hybridized carbons (Fsp3) is 0.294. The molecule has 7 heteroatoms. The predicted octanol–water partition coefficient (Wildman–Crippen LogP) is 5.89. The molecule has 3 rings (SSSR count). The second-order valence-corrected chi connectivity index (χ2v) is 6.64. The van der Waals surface area contributed by atoms with Crippen molar-refractivity contribution in [2.24, 2.45) is 0 Å². The normalized spacial score (nSPS) is 16.1. The number of nitro benzene ring substituents is 1. The Balaban J connectivity index is 1.99. The first-order chi connectivity index (χ1) is 11.4. The Morgan fingerprint density at radius 3 is 2.42 bits per heavy atom. The van der Waals surface area contributed by atoms with Crippen molar-refractivity contribution in [2.75, 3.05) is 0 Å². The summed E-state index contributed by atoms with van der Waals surface area (Å²) in [5.74, 6) is -0.783. The van der Waals surface area contributed by atoms with Gasteiger partial charge in [0.05, 0.1) is 11.0 Å². The SMILES string of the molecule is O=[N+]([O-])c1ccc(OC2(c3ccc(Cl)cc3Cl)CCCC2)c(F)c1. The molecule has 24 heavy (non-hydrogen) atoms. The summed E-state index contributed by atoms with van der Waals surface area (Å²) in [6, 6.07) is 8.52.